The second kappa shape index (κ2) is 12.3. The van der Waals surface area contributed by atoms with Crippen LogP contribution < -0.4 is 21.1 Å². The van der Waals surface area contributed by atoms with Crippen LogP contribution in [0.25, 0.3) is 0 Å². The molecule has 0 saturated heterocycles. The van der Waals surface area contributed by atoms with Crippen molar-refractivity contribution in [3.8, 4) is 6.07 Å². The summed E-state index contributed by atoms with van der Waals surface area (Å²) >= 11 is 0. The number of aryl methyl sites for hydroxylation is 1. The summed E-state index contributed by atoms with van der Waals surface area (Å²) in [5.74, 6) is -0.0124. The highest BCUT2D eigenvalue weighted by molar-refractivity contribution is 6.05. The number of nitriles is 1. The maximum Gasteiger partial charge on any atom is 0.252 e. The summed E-state index contributed by atoms with van der Waals surface area (Å²) in [6.45, 7) is -0.0689. The number of anilines is 2. The first-order chi connectivity index (χ1) is 19.0. The predicted molar refractivity (Wildman–Crippen MR) is 146 cm³/mol. The molecule has 0 atom stereocenters. The van der Waals surface area contributed by atoms with Crippen LogP contribution in [0.15, 0.2) is 109 Å². The Bertz CT molecular complexity index is 1400. The Hall–Kier alpha value is -5.36. The van der Waals surface area contributed by atoms with E-state index in [0.29, 0.717) is 11.5 Å². The molecule has 3 N–H and O–H groups in total. The zero-order valence-corrected chi connectivity index (χ0v) is 21.3. The summed E-state index contributed by atoms with van der Waals surface area (Å²) < 4.78 is 1.63. The van der Waals surface area contributed by atoms with Gasteiger partial charge in [0.15, 0.2) is 0 Å². The fourth-order valence-corrected chi connectivity index (χ4v) is 4.47. The lowest BCUT2D eigenvalue weighted by molar-refractivity contribution is -0.250. The molecule has 3 aromatic carbocycles. The molecule has 1 heterocycles. The van der Waals surface area contributed by atoms with Crippen molar-refractivity contribution in [2.45, 2.75) is 12.0 Å². The van der Waals surface area contributed by atoms with Gasteiger partial charge in [-0.2, -0.15) is 10.4 Å². The normalized spacial score (nSPS) is 11.3. The number of allylic oxidation sites excluding steroid dienone is 1. The van der Waals surface area contributed by atoms with Gasteiger partial charge in [0.1, 0.15) is 23.1 Å². The zero-order valence-electron chi connectivity index (χ0n) is 21.3. The molecule has 9 heteroatoms. The van der Waals surface area contributed by atoms with Crippen LogP contribution in [-0.2, 0) is 17.4 Å². The maximum absolute atomic E-state index is 13.1. The molecule has 196 valence electrons. The van der Waals surface area contributed by atoms with Gasteiger partial charge in [-0.1, -0.05) is 91.0 Å². The molecule has 0 spiro atoms. The molecule has 0 bridgehead atoms. The third kappa shape index (κ3) is 5.97. The smallest absolute Gasteiger partial charge is 0.252 e. The number of hydrogen-bond donors (Lipinski definition) is 3. The molecular formula is C30H27N6O3-. The van der Waals surface area contributed by atoms with Crippen molar-refractivity contribution in [2.24, 2.45) is 7.05 Å². The Balaban J connectivity index is 1.78. The number of nitrogens with zero attached hydrogens (tertiary/aromatic N) is 3. The first-order valence-electron chi connectivity index (χ1n) is 12.3. The first kappa shape index (κ1) is 26.7. The Morgan fingerprint density at radius 2 is 1.46 bits per heavy atom. The molecule has 1 aromatic heterocycles. The van der Waals surface area contributed by atoms with Crippen molar-refractivity contribution in [2.75, 3.05) is 17.2 Å². The van der Waals surface area contributed by atoms with E-state index in [9.17, 15) is 14.7 Å². The number of carbonyl (C=O) groups is 2. The van der Waals surface area contributed by atoms with Gasteiger partial charge in [-0.3, -0.25) is 9.48 Å². The van der Waals surface area contributed by atoms with Crippen LogP contribution in [0.5, 0.6) is 0 Å². The topological polar surface area (TPSA) is 135 Å². The minimum Gasteiger partial charge on any atom is -0.530 e. The van der Waals surface area contributed by atoms with Gasteiger partial charge >= 0.3 is 0 Å². The molecule has 0 aliphatic rings. The number of carboxylic acid groups (broad SMARTS) is 1. The minimum atomic E-state index is -1.45. The monoisotopic (exact) mass is 519 g/mol. The van der Waals surface area contributed by atoms with E-state index in [1.807, 2.05) is 97.1 Å². The van der Waals surface area contributed by atoms with Gasteiger partial charge in [-0.05, 0) is 23.1 Å². The molecule has 4 aromatic rings. The first-order valence-corrected chi connectivity index (χ1v) is 12.3. The summed E-state index contributed by atoms with van der Waals surface area (Å²) in [5, 5.41) is 32.9. The van der Waals surface area contributed by atoms with Gasteiger partial charge < -0.3 is 25.9 Å². The second-order valence-corrected chi connectivity index (χ2v) is 8.72. The maximum atomic E-state index is 13.1. The molecule has 0 unspecified atom stereocenters. The van der Waals surface area contributed by atoms with Crippen LogP contribution in [0, 0.1) is 11.3 Å². The summed E-state index contributed by atoms with van der Waals surface area (Å²) in [7, 11) is 1.76. The Morgan fingerprint density at radius 1 is 0.949 bits per heavy atom. The van der Waals surface area contributed by atoms with Crippen LogP contribution in [-0.4, -0.2) is 28.3 Å². The molecule has 0 saturated carbocycles. The standard InChI is InChI=1S/C30H28N6O3/c1-36-27(26(21-33-36)34-28(37)22(17-19-31)18-20-32-29(38)39)35-30(23-11-5-2-6-12-23,24-13-7-3-8-14-24)25-15-9-4-10-16-25/h2-17,21,32,35H,18,20H2,1H3,(H,34,37)(H,38,39)/p-1/b22-17+. The van der Waals surface area contributed by atoms with Crippen molar-refractivity contribution < 1.29 is 14.7 Å². The number of hydrogen-bond acceptors (Lipinski definition) is 6. The molecule has 2 amide bonds. The van der Waals surface area contributed by atoms with Gasteiger partial charge in [-0.25, -0.2) is 0 Å². The van der Waals surface area contributed by atoms with E-state index in [-0.39, 0.29) is 18.5 Å². The van der Waals surface area contributed by atoms with Gasteiger partial charge in [0.25, 0.3) is 5.91 Å². The highest BCUT2D eigenvalue weighted by atomic mass is 16.4. The fraction of sp³-hybridized carbons (Fsp3) is 0.133. The predicted octanol–water partition coefficient (Wildman–Crippen LogP) is 3.54. The lowest BCUT2D eigenvalue weighted by atomic mass is 9.77. The highest BCUT2D eigenvalue weighted by Gasteiger charge is 2.37. The van der Waals surface area contributed by atoms with Crippen LogP contribution in [0.2, 0.25) is 0 Å². The highest BCUT2D eigenvalue weighted by Crippen LogP contribution is 2.41. The Labute approximate surface area is 226 Å². The van der Waals surface area contributed by atoms with Crippen molar-refractivity contribution >= 4 is 23.5 Å². The van der Waals surface area contributed by atoms with E-state index in [0.717, 1.165) is 22.8 Å². The van der Waals surface area contributed by atoms with E-state index >= 15 is 0 Å². The lowest BCUT2D eigenvalue weighted by Crippen LogP contribution is -2.39. The van der Waals surface area contributed by atoms with Crippen molar-refractivity contribution in [1.29, 1.82) is 5.26 Å². The van der Waals surface area contributed by atoms with E-state index in [1.165, 1.54) is 6.20 Å². The fourth-order valence-electron chi connectivity index (χ4n) is 4.47. The van der Waals surface area contributed by atoms with Crippen LogP contribution in [0.4, 0.5) is 16.3 Å². The molecule has 0 aliphatic carbocycles. The van der Waals surface area contributed by atoms with Crippen molar-refractivity contribution in [3.63, 3.8) is 0 Å². The molecule has 0 fully saturated rings. The Morgan fingerprint density at radius 3 is 1.92 bits per heavy atom. The van der Waals surface area contributed by atoms with Crippen molar-refractivity contribution in [3.05, 3.63) is 126 Å². The van der Waals surface area contributed by atoms with Gasteiger partial charge in [0.05, 0.1) is 12.3 Å². The zero-order chi connectivity index (χ0) is 27.7. The summed E-state index contributed by atoms with van der Waals surface area (Å²) in [5.41, 5.74) is 2.56. The van der Waals surface area contributed by atoms with E-state index in [4.69, 9.17) is 5.26 Å². The largest absolute Gasteiger partial charge is 0.530 e. The van der Waals surface area contributed by atoms with Gasteiger partial charge in [-0.15, -0.1) is 0 Å². The third-order valence-electron chi connectivity index (χ3n) is 6.31. The number of amides is 2. The minimum absolute atomic E-state index is 0.0123. The molecule has 0 radical (unpaired) electrons. The molecule has 4 rings (SSSR count). The molecule has 0 aliphatic heterocycles. The third-order valence-corrected chi connectivity index (χ3v) is 6.31. The second-order valence-electron chi connectivity index (χ2n) is 8.72. The number of rotatable bonds is 10. The SMILES string of the molecule is Cn1ncc(NC(=O)/C(=C/C#N)CCNC(=O)[O-])c1NC(c1ccccc1)(c1ccccc1)c1ccccc1. The molecule has 39 heavy (non-hydrogen) atoms. The van der Waals surface area contributed by atoms with Gasteiger partial charge in [0, 0.05) is 25.2 Å². The molecular weight excluding hydrogens is 492 g/mol. The average Bonchev–Trinajstić information content (AvgIpc) is 3.30. The lowest BCUT2D eigenvalue weighted by Gasteiger charge is -2.38. The Kier molecular flexibility index (Phi) is 8.39. The number of nitrogens with one attached hydrogen (secondary N) is 3. The summed E-state index contributed by atoms with van der Waals surface area (Å²) in [4.78, 5) is 23.8. The van der Waals surface area contributed by atoms with E-state index in [1.54, 1.807) is 11.7 Å². The summed E-state index contributed by atoms with van der Waals surface area (Å²) in [6.07, 6.45) is 1.18. The van der Waals surface area contributed by atoms with Crippen LogP contribution in [0.1, 0.15) is 23.1 Å². The van der Waals surface area contributed by atoms with Crippen molar-refractivity contribution in [1.82, 2.24) is 15.1 Å². The summed E-state index contributed by atoms with van der Waals surface area (Å²) in [6, 6.07) is 31.8. The van der Waals surface area contributed by atoms with E-state index in [2.05, 4.69) is 21.0 Å². The number of carbonyl (C=O) groups excluding carboxylic acids is 2. The quantitative estimate of drug-likeness (QED) is 0.167. The van der Waals surface area contributed by atoms with Gasteiger partial charge in [0.2, 0.25) is 0 Å². The van der Waals surface area contributed by atoms with Crippen LogP contribution >= 0.6 is 0 Å². The van der Waals surface area contributed by atoms with E-state index < -0.39 is 17.5 Å². The van der Waals surface area contributed by atoms with Crippen LogP contribution in [0.3, 0.4) is 0 Å². The number of aromatic nitrogens is 2. The molecule has 9 nitrogen and oxygen atoms in total. The average molecular weight is 520 g/mol. The number of benzene rings is 3.